The van der Waals surface area contributed by atoms with E-state index in [2.05, 4.69) is 26.0 Å². The lowest BCUT2D eigenvalue weighted by atomic mass is 10.1. The van der Waals surface area contributed by atoms with Crippen molar-refractivity contribution in [1.82, 2.24) is 0 Å². The van der Waals surface area contributed by atoms with Gasteiger partial charge in [0.05, 0.1) is 5.75 Å². The number of benzene rings is 2. The number of aryl methyl sites for hydroxylation is 2. The first-order valence-electron chi connectivity index (χ1n) is 7.81. The summed E-state index contributed by atoms with van der Waals surface area (Å²) in [6.45, 7) is 4.42. The lowest BCUT2D eigenvalue weighted by Gasteiger charge is -2.22. The topological polar surface area (TPSA) is 63.4 Å². The predicted octanol–water partition coefficient (Wildman–Crippen LogP) is 3.30. The van der Waals surface area contributed by atoms with Crippen molar-refractivity contribution in [1.29, 1.82) is 0 Å². The van der Waals surface area contributed by atoms with Gasteiger partial charge in [-0.15, -0.1) is 11.8 Å². The summed E-state index contributed by atoms with van der Waals surface area (Å²) in [5.41, 5.74) is 8.46. The number of rotatable bonds is 7. The molecule has 0 atom stereocenters. The van der Waals surface area contributed by atoms with E-state index < -0.39 is 5.91 Å². The van der Waals surface area contributed by atoms with E-state index in [1.54, 1.807) is 4.90 Å². The summed E-state index contributed by atoms with van der Waals surface area (Å²) >= 11 is 1.50. The fraction of sp³-hybridized carbons (Fsp3) is 0.263. The Morgan fingerprint density at radius 1 is 1.04 bits per heavy atom. The monoisotopic (exact) mass is 342 g/mol. The largest absolute Gasteiger partial charge is 0.370 e. The molecule has 0 radical (unpaired) electrons. The first kappa shape index (κ1) is 18.1. The molecular weight excluding hydrogens is 320 g/mol. The van der Waals surface area contributed by atoms with Gasteiger partial charge in [-0.25, -0.2) is 0 Å². The highest BCUT2D eigenvalue weighted by Crippen LogP contribution is 2.23. The van der Waals surface area contributed by atoms with Crippen molar-refractivity contribution in [3.63, 3.8) is 0 Å². The molecule has 0 saturated heterocycles. The molecule has 0 aromatic heterocycles. The number of thioether (sulfide) groups is 1. The van der Waals surface area contributed by atoms with E-state index in [0.29, 0.717) is 12.3 Å². The Bertz CT molecular complexity index is 717. The van der Waals surface area contributed by atoms with E-state index in [9.17, 15) is 9.59 Å². The van der Waals surface area contributed by atoms with E-state index in [1.807, 2.05) is 36.4 Å². The van der Waals surface area contributed by atoms with Crippen LogP contribution in [0.2, 0.25) is 0 Å². The Labute approximate surface area is 147 Å². The molecule has 2 aromatic carbocycles. The van der Waals surface area contributed by atoms with Crippen LogP contribution in [-0.2, 0) is 9.59 Å². The molecule has 126 valence electrons. The van der Waals surface area contributed by atoms with Crippen LogP contribution in [0.1, 0.15) is 17.5 Å². The molecular formula is C19H22N2O2S. The SMILES string of the molecule is Cc1ccc(SCC(=O)N(CCC(N)=O)c2ccccc2)cc1C. The highest BCUT2D eigenvalue weighted by Gasteiger charge is 2.16. The van der Waals surface area contributed by atoms with Crippen molar-refractivity contribution in [3.05, 3.63) is 59.7 Å². The number of amides is 2. The van der Waals surface area contributed by atoms with Crippen molar-refractivity contribution < 1.29 is 9.59 Å². The molecule has 5 heteroatoms. The van der Waals surface area contributed by atoms with Crippen molar-refractivity contribution >= 4 is 29.3 Å². The molecule has 0 aliphatic rings. The number of hydrogen-bond acceptors (Lipinski definition) is 3. The third-order valence-corrected chi connectivity index (χ3v) is 4.77. The Hall–Kier alpha value is -2.27. The van der Waals surface area contributed by atoms with Gasteiger partial charge in [-0.3, -0.25) is 9.59 Å². The molecule has 0 spiro atoms. The quantitative estimate of drug-likeness (QED) is 0.785. The van der Waals surface area contributed by atoms with Crippen molar-refractivity contribution in [2.24, 2.45) is 5.73 Å². The van der Waals surface area contributed by atoms with Gasteiger partial charge in [0, 0.05) is 23.5 Å². The van der Waals surface area contributed by atoms with E-state index in [4.69, 9.17) is 5.73 Å². The van der Waals surface area contributed by atoms with Crippen molar-refractivity contribution in [2.75, 3.05) is 17.2 Å². The number of para-hydroxylation sites is 1. The van der Waals surface area contributed by atoms with Gasteiger partial charge in [0.25, 0.3) is 0 Å². The first-order chi connectivity index (χ1) is 11.5. The van der Waals surface area contributed by atoms with Crippen LogP contribution in [0.4, 0.5) is 5.69 Å². The normalized spacial score (nSPS) is 10.4. The highest BCUT2D eigenvalue weighted by atomic mass is 32.2. The van der Waals surface area contributed by atoms with Gasteiger partial charge >= 0.3 is 0 Å². The third kappa shape index (κ3) is 5.13. The second-order valence-electron chi connectivity index (χ2n) is 5.63. The van der Waals surface area contributed by atoms with Gasteiger partial charge in [-0.1, -0.05) is 24.3 Å². The maximum atomic E-state index is 12.6. The third-order valence-electron chi connectivity index (χ3n) is 3.79. The van der Waals surface area contributed by atoms with Gasteiger partial charge < -0.3 is 10.6 Å². The maximum absolute atomic E-state index is 12.6. The maximum Gasteiger partial charge on any atom is 0.237 e. The number of nitrogens with two attached hydrogens (primary N) is 1. The Balaban J connectivity index is 2.06. The zero-order valence-corrected chi connectivity index (χ0v) is 14.8. The van der Waals surface area contributed by atoms with E-state index in [-0.39, 0.29) is 12.3 Å². The molecule has 4 nitrogen and oxygen atoms in total. The molecule has 2 rings (SSSR count). The van der Waals surface area contributed by atoms with Gasteiger partial charge in [-0.05, 0) is 49.2 Å². The van der Waals surface area contributed by atoms with E-state index >= 15 is 0 Å². The van der Waals surface area contributed by atoms with Crippen LogP contribution in [-0.4, -0.2) is 24.1 Å². The van der Waals surface area contributed by atoms with Gasteiger partial charge in [0.2, 0.25) is 11.8 Å². The second kappa shape index (κ2) is 8.55. The first-order valence-corrected chi connectivity index (χ1v) is 8.79. The number of primary amides is 1. The molecule has 2 aromatic rings. The average molecular weight is 342 g/mol. The second-order valence-corrected chi connectivity index (χ2v) is 6.68. The van der Waals surface area contributed by atoms with E-state index in [1.165, 1.54) is 22.9 Å². The minimum atomic E-state index is -0.412. The van der Waals surface area contributed by atoms with Crippen LogP contribution in [0.15, 0.2) is 53.4 Å². The van der Waals surface area contributed by atoms with Crippen LogP contribution in [0, 0.1) is 13.8 Å². The molecule has 0 heterocycles. The highest BCUT2D eigenvalue weighted by molar-refractivity contribution is 8.00. The van der Waals surface area contributed by atoms with Crippen LogP contribution < -0.4 is 10.6 Å². The fourth-order valence-corrected chi connectivity index (χ4v) is 3.12. The summed E-state index contributed by atoms with van der Waals surface area (Å²) in [6.07, 6.45) is 0.148. The fourth-order valence-electron chi connectivity index (χ4n) is 2.25. The summed E-state index contributed by atoms with van der Waals surface area (Å²) in [5.74, 6) is -0.132. The standard InChI is InChI=1S/C19H22N2O2S/c1-14-8-9-17(12-15(14)2)24-13-19(23)21(11-10-18(20)22)16-6-4-3-5-7-16/h3-9,12H,10-11,13H2,1-2H3,(H2,20,22). The summed E-state index contributed by atoms with van der Waals surface area (Å²) < 4.78 is 0. The number of anilines is 1. The molecule has 0 unspecified atom stereocenters. The lowest BCUT2D eigenvalue weighted by Crippen LogP contribution is -2.35. The Kier molecular flexibility index (Phi) is 6.44. The van der Waals surface area contributed by atoms with Crippen molar-refractivity contribution in [3.8, 4) is 0 Å². The number of hydrogen-bond donors (Lipinski definition) is 1. The Morgan fingerprint density at radius 2 is 1.75 bits per heavy atom. The smallest absolute Gasteiger partial charge is 0.237 e. The van der Waals surface area contributed by atoms with Gasteiger partial charge in [-0.2, -0.15) is 0 Å². The summed E-state index contributed by atoms with van der Waals surface area (Å²) in [6, 6.07) is 15.5. The van der Waals surface area contributed by atoms with Crippen LogP contribution in [0.3, 0.4) is 0 Å². The minimum absolute atomic E-state index is 0.0364. The summed E-state index contributed by atoms with van der Waals surface area (Å²) in [4.78, 5) is 26.4. The van der Waals surface area contributed by atoms with E-state index in [0.717, 1.165) is 10.6 Å². The molecule has 0 aliphatic heterocycles. The number of carbonyl (C=O) groups excluding carboxylic acids is 2. The molecule has 0 saturated carbocycles. The molecule has 0 aliphatic carbocycles. The lowest BCUT2D eigenvalue weighted by molar-refractivity contribution is -0.118. The molecule has 0 bridgehead atoms. The van der Waals surface area contributed by atoms with Gasteiger partial charge in [0.15, 0.2) is 0 Å². The summed E-state index contributed by atoms with van der Waals surface area (Å²) in [7, 11) is 0. The van der Waals surface area contributed by atoms with Crippen LogP contribution in [0.25, 0.3) is 0 Å². The number of nitrogens with zero attached hydrogens (tertiary/aromatic N) is 1. The van der Waals surface area contributed by atoms with Crippen molar-refractivity contribution in [2.45, 2.75) is 25.2 Å². The predicted molar refractivity (Wildman–Crippen MR) is 99.2 cm³/mol. The van der Waals surface area contributed by atoms with Crippen LogP contribution >= 0.6 is 11.8 Å². The van der Waals surface area contributed by atoms with Crippen LogP contribution in [0.5, 0.6) is 0 Å². The molecule has 2 N–H and O–H groups in total. The minimum Gasteiger partial charge on any atom is -0.370 e. The zero-order valence-electron chi connectivity index (χ0n) is 14.0. The Morgan fingerprint density at radius 3 is 2.38 bits per heavy atom. The summed E-state index contributed by atoms with van der Waals surface area (Å²) in [5, 5.41) is 0. The molecule has 2 amide bonds. The molecule has 24 heavy (non-hydrogen) atoms. The van der Waals surface area contributed by atoms with Gasteiger partial charge in [0.1, 0.15) is 0 Å². The zero-order chi connectivity index (χ0) is 17.5. The molecule has 0 fully saturated rings. The average Bonchev–Trinajstić information content (AvgIpc) is 2.57. The number of carbonyl (C=O) groups is 2.